The van der Waals surface area contributed by atoms with Crippen molar-refractivity contribution in [2.75, 3.05) is 7.05 Å². The summed E-state index contributed by atoms with van der Waals surface area (Å²) in [6.45, 7) is 2.17. The van der Waals surface area contributed by atoms with Gasteiger partial charge in [0.2, 0.25) is 0 Å². The zero-order chi connectivity index (χ0) is 14.8. The van der Waals surface area contributed by atoms with Gasteiger partial charge in [-0.25, -0.2) is 0 Å². The molecule has 3 rings (SSSR count). The lowest BCUT2D eigenvalue weighted by molar-refractivity contribution is 0.586. The second-order valence-electron chi connectivity index (χ2n) is 6.06. The highest BCUT2D eigenvalue weighted by Gasteiger charge is 2.18. The molecule has 1 aliphatic carbocycles. The van der Waals surface area contributed by atoms with Gasteiger partial charge in [0.15, 0.2) is 0 Å². The number of aromatic nitrogens is 2. The molecule has 1 aromatic carbocycles. The molecule has 1 aliphatic rings. The minimum absolute atomic E-state index is 0.341. The number of nitrogens with one attached hydrogen (secondary N) is 1. The summed E-state index contributed by atoms with van der Waals surface area (Å²) in [5.74, 6) is 0. The van der Waals surface area contributed by atoms with Gasteiger partial charge in [-0.05, 0) is 55.8 Å². The van der Waals surface area contributed by atoms with E-state index in [2.05, 4.69) is 41.7 Å². The maximum Gasteiger partial charge on any atom is 0.0669 e. The number of hydrogen-bond acceptors (Lipinski definition) is 2. The van der Waals surface area contributed by atoms with Gasteiger partial charge in [-0.2, -0.15) is 5.10 Å². The Hall–Kier alpha value is -1.61. The van der Waals surface area contributed by atoms with Crippen LogP contribution in [0.4, 0.5) is 0 Å². The summed E-state index contributed by atoms with van der Waals surface area (Å²) in [5, 5.41) is 8.04. The predicted molar refractivity (Wildman–Crippen MR) is 86.6 cm³/mol. The second-order valence-corrected chi connectivity index (χ2v) is 6.06. The Morgan fingerprint density at radius 1 is 1.29 bits per heavy atom. The summed E-state index contributed by atoms with van der Waals surface area (Å²) in [6.07, 6.45) is 8.00. The first-order valence-corrected chi connectivity index (χ1v) is 8.01. The number of benzene rings is 1. The summed E-state index contributed by atoms with van der Waals surface area (Å²) in [4.78, 5) is 0. The topological polar surface area (TPSA) is 29.9 Å². The summed E-state index contributed by atoms with van der Waals surface area (Å²) >= 11 is 0. The third kappa shape index (κ3) is 2.88. The predicted octanol–water partition coefficient (Wildman–Crippen LogP) is 2.97. The van der Waals surface area contributed by atoms with Gasteiger partial charge in [-0.3, -0.25) is 4.68 Å². The summed E-state index contributed by atoms with van der Waals surface area (Å²) in [6, 6.07) is 7.38. The Labute approximate surface area is 127 Å². The largest absolute Gasteiger partial charge is 0.313 e. The molecule has 1 heterocycles. The van der Waals surface area contributed by atoms with E-state index in [1.165, 1.54) is 36.1 Å². The number of likely N-dealkylation sites (N-methyl/N-ethyl adjacent to an activating group) is 1. The highest BCUT2D eigenvalue weighted by atomic mass is 15.3. The molecule has 1 atom stereocenters. The maximum atomic E-state index is 4.57. The van der Waals surface area contributed by atoms with E-state index < -0.39 is 0 Å². The molecule has 1 unspecified atom stereocenters. The Morgan fingerprint density at radius 2 is 2.10 bits per heavy atom. The van der Waals surface area contributed by atoms with E-state index in [-0.39, 0.29) is 0 Å². The molecule has 0 radical (unpaired) electrons. The van der Waals surface area contributed by atoms with Crippen molar-refractivity contribution in [2.45, 2.75) is 45.1 Å². The van der Waals surface area contributed by atoms with Crippen molar-refractivity contribution in [3.05, 3.63) is 52.3 Å². The molecular weight excluding hydrogens is 258 g/mol. The van der Waals surface area contributed by atoms with Crippen LogP contribution in [0.2, 0.25) is 0 Å². The van der Waals surface area contributed by atoms with Gasteiger partial charge in [0.05, 0.1) is 5.69 Å². The van der Waals surface area contributed by atoms with Gasteiger partial charge in [0.1, 0.15) is 0 Å². The van der Waals surface area contributed by atoms with Crippen LogP contribution >= 0.6 is 0 Å². The van der Waals surface area contributed by atoms with Crippen molar-refractivity contribution < 1.29 is 0 Å². The first-order chi connectivity index (χ1) is 10.2. The molecule has 0 fully saturated rings. The van der Waals surface area contributed by atoms with E-state index in [4.69, 9.17) is 0 Å². The van der Waals surface area contributed by atoms with Crippen LogP contribution in [0.1, 0.15) is 47.3 Å². The molecule has 2 aromatic rings. The van der Waals surface area contributed by atoms with Crippen molar-refractivity contribution >= 4 is 0 Å². The maximum absolute atomic E-state index is 4.57. The number of hydrogen-bond donors (Lipinski definition) is 1. The molecule has 3 nitrogen and oxygen atoms in total. The Balaban J connectivity index is 1.84. The minimum atomic E-state index is 0.341. The van der Waals surface area contributed by atoms with Crippen LogP contribution in [0, 0.1) is 0 Å². The average molecular weight is 283 g/mol. The number of aryl methyl sites for hydroxylation is 4. The number of fused-ring (bicyclic) bond motifs is 1. The SMILES string of the molecule is CCc1nn(C)cc1C(Cc1ccc2c(c1)CCC2)NC. The molecule has 0 aliphatic heterocycles. The van der Waals surface area contributed by atoms with E-state index in [1.807, 2.05) is 18.8 Å². The number of nitrogens with zero attached hydrogens (tertiary/aromatic N) is 2. The highest BCUT2D eigenvalue weighted by molar-refractivity contribution is 5.36. The van der Waals surface area contributed by atoms with Crippen LogP contribution in [0.15, 0.2) is 24.4 Å². The first kappa shape index (κ1) is 14.3. The van der Waals surface area contributed by atoms with Crippen LogP contribution in [-0.4, -0.2) is 16.8 Å². The molecule has 1 aromatic heterocycles. The molecule has 112 valence electrons. The molecule has 0 saturated heterocycles. The average Bonchev–Trinajstić information content (AvgIpc) is 3.10. The van der Waals surface area contributed by atoms with E-state index in [0.717, 1.165) is 12.8 Å². The molecule has 1 N–H and O–H groups in total. The number of rotatable bonds is 5. The summed E-state index contributed by atoms with van der Waals surface area (Å²) < 4.78 is 1.93. The zero-order valence-electron chi connectivity index (χ0n) is 13.3. The molecule has 0 amide bonds. The van der Waals surface area contributed by atoms with E-state index >= 15 is 0 Å². The van der Waals surface area contributed by atoms with Gasteiger partial charge < -0.3 is 5.32 Å². The van der Waals surface area contributed by atoms with Gasteiger partial charge in [-0.15, -0.1) is 0 Å². The lowest BCUT2D eigenvalue weighted by atomic mass is 9.96. The zero-order valence-corrected chi connectivity index (χ0v) is 13.3. The summed E-state index contributed by atoms with van der Waals surface area (Å²) in [5.41, 5.74) is 7.08. The third-order valence-corrected chi connectivity index (χ3v) is 4.60. The van der Waals surface area contributed by atoms with Crippen molar-refractivity contribution in [1.82, 2.24) is 15.1 Å². The van der Waals surface area contributed by atoms with Crippen molar-refractivity contribution in [3.63, 3.8) is 0 Å². The fourth-order valence-electron chi connectivity index (χ4n) is 3.47. The molecule has 3 heteroatoms. The van der Waals surface area contributed by atoms with Crippen LogP contribution < -0.4 is 5.32 Å². The van der Waals surface area contributed by atoms with Crippen LogP contribution in [0.3, 0.4) is 0 Å². The first-order valence-electron chi connectivity index (χ1n) is 8.01. The standard InChI is InChI=1S/C18H25N3/c1-4-17-16(12-21(3)20-17)18(19-2)11-13-8-9-14-6-5-7-15(14)10-13/h8-10,12,18-19H,4-7,11H2,1-3H3. The molecule has 0 saturated carbocycles. The highest BCUT2D eigenvalue weighted by Crippen LogP contribution is 2.26. The Kier molecular flexibility index (Phi) is 4.11. The van der Waals surface area contributed by atoms with Crippen LogP contribution in [0.5, 0.6) is 0 Å². The van der Waals surface area contributed by atoms with Gasteiger partial charge >= 0.3 is 0 Å². The lowest BCUT2D eigenvalue weighted by Crippen LogP contribution is -2.19. The molecular formula is C18H25N3. The minimum Gasteiger partial charge on any atom is -0.313 e. The van der Waals surface area contributed by atoms with Gasteiger partial charge in [-0.1, -0.05) is 25.1 Å². The van der Waals surface area contributed by atoms with Crippen LogP contribution in [-0.2, 0) is 32.7 Å². The Morgan fingerprint density at radius 3 is 2.86 bits per heavy atom. The van der Waals surface area contributed by atoms with Crippen molar-refractivity contribution in [1.29, 1.82) is 0 Å². The second kappa shape index (κ2) is 6.02. The summed E-state index contributed by atoms with van der Waals surface area (Å²) in [7, 11) is 4.05. The monoisotopic (exact) mass is 283 g/mol. The molecule has 0 bridgehead atoms. The fourth-order valence-corrected chi connectivity index (χ4v) is 3.47. The molecule has 21 heavy (non-hydrogen) atoms. The quantitative estimate of drug-likeness (QED) is 0.914. The van der Waals surface area contributed by atoms with Crippen molar-refractivity contribution in [3.8, 4) is 0 Å². The Bertz CT molecular complexity index is 627. The fraction of sp³-hybridized carbons (Fsp3) is 0.500. The lowest BCUT2D eigenvalue weighted by Gasteiger charge is -2.17. The van der Waals surface area contributed by atoms with Crippen LogP contribution in [0.25, 0.3) is 0 Å². The normalized spacial score (nSPS) is 15.2. The van der Waals surface area contributed by atoms with Crippen molar-refractivity contribution in [2.24, 2.45) is 7.05 Å². The van der Waals surface area contributed by atoms with Gasteiger partial charge in [0.25, 0.3) is 0 Å². The van der Waals surface area contributed by atoms with E-state index in [0.29, 0.717) is 6.04 Å². The van der Waals surface area contributed by atoms with E-state index in [1.54, 1.807) is 11.1 Å². The van der Waals surface area contributed by atoms with E-state index in [9.17, 15) is 0 Å². The smallest absolute Gasteiger partial charge is 0.0669 e. The van der Waals surface area contributed by atoms with Gasteiger partial charge in [0, 0.05) is 24.8 Å². The molecule has 0 spiro atoms. The third-order valence-electron chi connectivity index (χ3n) is 4.60.